The number of rotatable bonds is 6. The van der Waals surface area contributed by atoms with Gasteiger partial charge in [-0.25, -0.2) is 4.98 Å². The van der Waals surface area contributed by atoms with Crippen molar-refractivity contribution in [2.45, 2.75) is 63.5 Å². The van der Waals surface area contributed by atoms with Crippen molar-refractivity contribution in [3.63, 3.8) is 0 Å². The molecule has 1 amide bonds. The van der Waals surface area contributed by atoms with Gasteiger partial charge in [0.1, 0.15) is 10.5 Å². The second-order valence-corrected chi connectivity index (χ2v) is 7.07. The summed E-state index contributed by atoms with van der Waals surface area (Å²) in [6.07, 6.45) is 7.30. The summed E-state index contributed by atoms with van der Waals surface area (Å²) in [7, 11) is 0. The van der Waals surface area contributed by atoms with Gasteiger partial charge in [-0.2, -0.15) is 5.26 Å². The molecule has 1 atom stereocenters. The second kappa shape index (κ2) is 7.21. The van der Waals surface area contributed by atoms with Gasteiger partial charge in [0.25, 0.3) is 0 Å². The molecule has 0 spiro atoms. The minimum Gasteiger partial charge on any atom is -0.337 e. The Labute approximate surface area is 136 Å². The summed E-state index contributed by atoms with van der Waals surface area (Å²) in [5.41, 5.74) is -0.974. The number of nitrogens with one attached hydrogen (secondary N) is 2. The normalized spacial score (nSPS) is 19.9. The zero-order chi connectivity index (χ0) is 16.1. The van der Waals surface area contributed by atoms with Crippen LogP contribution in [0.25, 0.3) is 0 Å². The van der Waals surface area contributed by atoms with Crippen LogP contribution in [0.5, 0.6) is 0 Å². The highest BCUT2D eigenvalue weighted by Gasteiger charge is 2.34. The first-order chi connectivity index (χ1) is 10.5. The Morgan fingerprint density at radius 2 is 2.23 bits per heavy atom. The molecule has 1 aliphatic rings. The first kappa shape index (κ1) is 16.9. The highest BCUT2D eigenvalue weighted by Crippen LogP contribution is 2.28. The number of nitriles is 1. The minimum absolute atomic E-state index is 0.111. The van der Waals surface area contributed by atoms with E-state index in [1.54, 1.807) is 17.5 Å². The predicted octanol–water partition coefficient (Wildman–Crippen LogP) is 2.70. The van der Waals surface area contributed by atoms with Crippen LogP contribution in [0.4, 0.5) is 0 Å². The van der Waals surface area contributed by atoms with E-state index in [9.17, 15) is 10.1 Å². The molecule has 22 heavy (non-hydrogen) atoms. The second-order valence-electron chi connectivity index (χ2n) is 6.18. The van der Waals surface area contributed by atoms with Crippen molar-refractivity contribution in [1.82, 2.24) is 15.6 Å². The van der Waals surface area contributed by atoms with Gasteiger partial charge in [0, 0.05) is 11.6 Å². The lowest BCUT2D eigenvalue weighted by Crippen LogP contribution is -2.53. The highest BCUT2D eigenvalue weighted by atomic mass is 32.1. The molecule has 1 heterocycles. The summed E-state index contributed by atoms with van der Waals surface area (Å²) in [5, 5.41) is 18.6. The quantitative estimate of drug-likeness (QED) is 0.845. The Hall–Kier alpha value is -1.45. The summed E-state index contributed by atoms with van der Waals surface area (Å²) in [4.78, 5) is 16.6. The Bertz CT molecular complexity index is 531. The standard InChI is InChI=1S/C16H24N4OS/c1-3-15(2,14-18-9-10-22-14)19-11-13(21)20-16(12-17)7-5-4-6-8-16/h9-10,19H,3-8,11H2,1-2H3,(H,20,21). The molecule has 6 heteroatoms. The van der Waals surface area contributed by atoms with Gasteiger partial charge in [-0.3, -0.25) is 10.1 Å². The predicted molar refractivity (Wildman–Crippen MR) is 87.3 cm³/mol. The van der Waals surface area contributed by atoms with E-state index in [2.05, 4.69) is 35.5 Å². The fourth-order valence-electron chi connectivity index (χ4n) is 2.85. The number of hydrogen-bond acceptors (Lipinski definition) is 5. The van der Waals surface area contributed by atoms with Gasteiger partial charge in [-0.15, -0.1) is 11.3 Å². The van der Waals surface area contributed by atoms with Crippen LogP contribution in [-0.2, 0) is 10.3 Å². The van der Waals surface area contributed by atoms with Crippen LogP contribution in [0, 0.1) is 11.3 Å². The maximum atomic E-state index is 12.3. The average Bonchev–Trinajstić information content (AvgIpc) is 3.08. The lowest BCUT2D eigenvalue weighted by Gasteiger charge is -2.33. The van der Waals surface area contributed by atoms with Gasteiger partial charge in [0.15, 0.2) is 0 Å². The zero-order valence-electron chi connectivity index (χ0n) is 13.3. The third-order valence-corrected chi connectivity index (χ3v) is 5.59. The minimum atomic E-state index is -0.666. The molecule has 0 saturated heterocycles. The SMILES string of the molecule is CCC(C)(NCC(=O)NC1(C#N)CCCCC1)c1nccs1. The number of nitrogens with zero attached hydrogens (tertiary/aromatic N) is 2. The third kappa shape index (κ3) is 3.84. The van der Waals surface area contributed by atoms with Crippen LogP contribution in [0.15, 0.2) is 11.6 Å². The van der Waals surface area contributed by atoms with Crippen LogP contribution in [0.2, 0.25) is 0 Å². The largest absolute Gasteiger partial charge is 0.337 e. The Kier molecular flexibility index (Phi) is 5.54. The van der Waals surface area contributed by atoms with E-state index in [0.717, 1.165) is 43.5 Å². The molecule has 1 saturated carbocycles. The number of carbonyl (C=O) groups excluding carboxylic acids is 1. The summed E-state index contributed by atoms with van der Waals surface area (Å²) in [5.74, 6) is -0.111. The van der Waals surface area contributed by atoms with Crippen LogP contribution >= 0.6 is 11.3 Å². The van der Waals surface area contributed by atoms with Crippen molar-refractivity contribution in [3.8, 4) is 6.07 Å². The average molecular weight is 320 g/mol. The van der Waals surface area contributed by atoms with Crippen molar-refractivity contribution in [1.29, 1.82) is 5.26 Å². The van der Waals surface area contributed by atoms with E-state index in [0.29, 0.717) is 0 Å². The molecule has 1 aromatic rings. The molecule has 0 bridgehead atoms. The van der Waals surface area contributed by atoms with Gasteiger partial charge in [0.05, 0.1) is 18.2 Å². The summed E-state index contributed by atoms with van der Waals surface area (Å²) in [6.45, 7) is 4.33. The molecule has 2 rings (SSSR count). The van der Waals surface area contributed by atoms with Gasteiger partial charge < -0.3 is 5.32 Å². The van der Waals surface area contributed by atoms with E-state index in [-0.39, 0.29) is 18.0 Å². The van der Waals surface area contributed by atoms with Gasteiger partial charge in [-0.1, -0.05) is 26.2 Å². The van der Waals surface area contributed by atoms with Crippen molar-refractivity contribution < 1.29 is 4.79 Å². The zero-order valence-corrected chi connectivity index (χ0v) is 14.1. The number of carbonyl (C=O) groups is 1. The van der Waals surface area contributed by atoms with Crippen LogP contribution < -0.4 is 10.6 Å². The van der Waals surface area contributed by atoms with E-state index >= 15 is 0 Å². The molecule has 1 aromatic heterocycles. The molecule has 0 radical (unpaired) electrons. The lowest BCUT2D eigenvalue weighted by molar-refractivity contribution is -0.122. The van der Waals surface area contributed by atoms with Gasteiger partial charge >= 0.3 is 0 Å². The monoisotopic (exact) mass is 320 g/mol. The van der Waals surface area contributed by atoms with Gasteiger partial charge in [0.2, 0.25) is 5.91 Å². The van der Waals surface area contributed by atoms with E-state index < -0.39 is 5.54 Å². The van der Waals surface area contributed by atoms with Crippen molar-refractivity contribution in [3.05, 3.63) is 16.6 Å². The van der Waals surface area contributed by atoms with Crippen molar-refractivity contribution in [2.75, 3.05) is 6.54 Å². The summed E-state index contributed by atoms with van der Waals surface area (Å²) in [6, 6.07) is 2.32. The topological polar surface area (TPSA) is 77.8 Å². The van der Waals surface area contributed by atoms with Crippen LogP contribution in [0.3, 0.4) is 0 Å². The fourth-order valence-corrected chi connectivity index (χ4v) is 3.70. The number of aromatic nitrogens is 1. The summed E-state index contributed by atoms with van der Waals surface area (Å²) < 4.78 is 0. The maximum absolute atomic E-state index is 12.3. The van der Waals surface area contributed by atoms with Crippen molar-refractivity contribution >= 4 is 17.2 Å². The Balaban J connectivity index is 1.93. The highest BCUT2D eigenvalue weighted by molar-refractivity contribution is 7.09. The lowest BCUT2D eigenvalue weighted by atomic mass is 9.83. The molecule has 0 aromatic carbocycles. The molecule has 0 aliphatic heterocycles. The molecule has 5 nitrogen and oxygen atoms in total. The number of hydrogen-bond donors (Lipinski definition) is 2. The summed E-state index contributed by atoms with van der Waals surface area (Å²) >= 11 is 1.59. The smallest absolute Gasteiger partial charge is 0.235 e. The molecule has 1 unspecified atom stereocenters. The first-order valence-electron chi connectivity index (χ1n) is 7.91. The van der Waals surface area contributed by atoms with E-state index in [1.165, 1.54) is 0 Å². The Morgan fingerprint density at radius 3 is 2.77 bits per heavy atom. The van der Waals surface area contributed by atoms with E-state index in [4.69, 9.17) is 0 Å². The van der Waals surface area contributed by atoms with Crippen LogP contribution in [-0.4, -0.2) is 23.0 Å². The van der Waals surface area contributed by atoms with Gasteiger partial charge in [-0.05, 0) is 26.2 Å². The molecular formula is C16H24N4OS. The number of thiazole rings is 1. The molecule has 2 N–H and O–H groups in total. The molecule has 1 fully saturated rings. The van der Waals surface area contributed by atoms with Crippen molar-refractivity contribution in [2.24, 2.45) is 0 Å². The molecular weight excluding hydrogens is 296 g/mol. The first-order valence-corrected chi connectivity index (χ1v) is 8.79. The third-order valence-electron chi connectivity index (χ3n) is 4.55. The van der Waals surface area contributed by atoms with Crippen LogP contribution in [0.1, 0.15) is 57.4 Å². The molecule has 120 valence electrons. The maximum Gasteiger partial charge on any atom is 0.235 e. The Morgan fingerprint density at radius 1 is 1.50 bits per heavy atom. The van der Waals surface area contributed by atoms with E-state index in [1.807, 2.05) is 5.38 Å². The fraction of sp³-hybridized carbons (Fsp3) is 0.688. The molecule has 1 aliphatic carbocycles. The number of amides is 1.